The predicted molar refractivity (Wildman–Crippen MR) is 62.2 cm³/mol. The van der Waals surface area contributed by atoms with Crippen molar-refractivity contribution in [3.05, 3.63) is 46.0 Å². The number of halogens is 3. The van der Waals surface area contributed by atoms with Crippen LogP contribution in [0.25, 0.3) is 11.4 Å². The summed E-state index contributed by atoms with van der Waals surface area (Å²) in [4.78, 5) is 8.04. The average Bonchev–Trinajstić information content (AvgIpc) is 2.20. The van der Waals surface area contributed by atoms with Crippen molar-refractivity contribution in [1.29, 1.82) is 0 Å². The van der Waals surface area contributed by atoms with Crippen molar-refractivity contribution in [2.75, 3.05) is 0 Å². The highest BCUT2D eigenvalue weighted by molar-refractivity contribution is 6.33. The molecule has 0 aliphatic heterocycles. The van der Waals surface area contributed by atoms with Crippen LogP contribution < -0.4 is 0 Å². The topological polar surface area (TPSA) is 25.8 Å². The molecule has 0 radical (unpaired) electrons. The molecule has 16 heavy (non-hydrogen) atoms. The number of aromatic nitrogens is 2. The number of hydrogen-bond donors (Lipinski definition) is 0. The molecular weight excluding hydrogens is 250 g/mol. The summed E-state index contributed by atoms with van der Waals surface area (Å²) in [7, 11) is 0. The van der Waals surface area contributed by atoms with E-state index in [4.69, 9.17) is 23.2 Å². The second kappa shape index (κ2) is 4.36. The monoisotopic (exact) mass is 256 g/mol. The van der Waals surface area contributed by atoms with Gasteiger partial charge in [0.2, 0.25) is 0 Å². The summed E-state index contributed by atoms with van der Waals surface area (Å²) in [6.07, 6.45) is 0. The fraction of sp³-hybridized carbons (Fsp3) is 0.0909. The minimum absolute atomic E-state index is 0.261. The SMILES string of the molecule is Cc1cc(-c2nc(Cl)cc(Cl)n2)ccc1F. The van der Waals surface area contributed by atoms with Gasteiger partial charge in [0, 0.05) is 11.6 Å². The Morgan fingerprint density at radius 3 is 2.25 bits per heavy atom. The lowest BCUT2D eigenvalue weighted by Crippen LogP contribution is -1.91. The Bertz CT molecular complexity index is 523. The van der Waals surface area contributed by atoms with Crippen LogP contribution in [-0.4, -0.2) is 9.97 Å². The van der Waals surface area contributed by atoms with Crippen molar-refractivity contribution in [2.24, 2.45) is 0 Å². The first-order valence-corrected chi connectivity index (χ1v) is 5.28. The Balaban J connectivity index is 2.54. The minimum Gasteiger partial charge on any atom is -0.216 e. The summed E-state index contributed by atoms with van der Waals surface area (Å²) >= 11 is 11.5. The number of nitrogens with zero attached hydrogens (tertiary/aromatic N) is 2. The molecule has 0 atom stereocenters. The van der Waals surface area contributed by atoms with Crippen LogP contribution in [0.4, 0.5) is 4.39 Å². The molecule has 2 nitrogen and oxygen atoms in total. The van der Waals surface area contributed by atoms with Gasteiger partial charge in [-0.2, -0.15) is 0 Å². The molecule has 0 N–H and O–H groups in total. The Morgan fingerprint density at radius 1 is 1.06 bits per heavy atom. The lowest BCUT2D eigenvalue weighted by molar-refractivity contribution is 0.618. The van der Waals surface area contributed by atoms with E-state index in [9.17, 15) is 4.39 Å². The molecule has 1 aromatic heterocycles. The first kappa shape index (κ1) is 11.3. The van der Waals surface area contributed by atoms with Gasteiger partial charge >= 0.3 is 0 Å². The molecule has 0 bridgehead atoms. The second-order valence-corrected chi connectivity index (χ2v) is 4.08. The first-order valence-electron chi connectivity index (χ1n) is 4.53. The summed E-state index contributed by atoms with van der Waals surface area (Å²) in [5.41, 5.74) is 1.21. The zero-order valence-corrected chi connectivity index (χ0v) is 9.85. The standard InChI is InChI=1S/C11H7Cl2FN2/c1-6-4-7(2-3-8(6)14)11-15-9(12)5-10(13)16-11/h2-5H,1H3. The van der Waals surface area contributed by atoms with Crippen molar-refractivity contribution < 1.29 is 4.39 Å². The van der Waals surface area contributed by atoms with Crippen LogP contribution in [0.2, 0.25) is 10.3 Å². The van der Waals surface area contributed by atoms with E-state index < -0.39 is 0 Å². The minimum atomic E-state index is -0.267. The quantitative estimate of drug-likeness (QED) is 0.724. The van der Waals surface area contributed by atoms with E-state index in [0.29, 0.717) is 17.0 Å². The van der Waals surface area contributed by atoms with Crippen molar-refractivity contribution in [2.45, 2.75) is 6.92 Å². The molecule has 0 amide bonds. The Morgan fingerprint density at radius 2 is 1.69 bits per heavy atom. The zero-order chi connectivity index (χ0) is 11.7. The highest BCUT2D eigenvalue weighted by atomic mass is 35.5. The van der Waals surface area contributed by atoms with Gasteiger partial charge in [0.25, 0.3) is 0 Å². The molecular formula is C11H7Cl2FN2. The summed E-state index contributed by atoms with van der Waals surface area (Å²) in [5.74, 6) is 0.123. The van der Waals surface area contributed by atoms with E-state index >= 15 is 0 Å². The number of rotatable bonds is 1. The molecule has 0 unspecified atom stereocenters. The van der Waals surface area contributed by atoms with Crippen LogP contribution in [0.5, 0.6) is 0 Å². The van der Waals surface area contributed by atoms with E-state index in [1.807, 2.05) is 0 Å². The van der Waals surface area contributed by atoms with Crippen molar-refractivity contribution >= 4 is 23.2 Å². The third-order valence-electron chi connectivity index (χ3n) is 2.08. The van der Waals surface area contributed by atoms with Crippen LogP contribution in [0.3, 0.4) is 0 Å². The van der Waals surface area contributed by atoms with Crippen LogP contribution in [0, 0.1) is 12.7 Å². The number of benzene rings is 1. The van der Waals surface area contributed by atoms with E-state index in [0.717, 1.165) is 0 Å². The molecule has 0 saturated heterocycles. The van der Waals surface area contributed by atoms with Crippen LogP contribution in [0.15, 0.2) is 24.3 Å². The van der Waals surface area contributed by atoms with Crippen molar-refractivity contribution in [1.82, 2.24) is 9.97 Å². The summed E-state index contributed by atoms with van der Waals surface area (Å²) in [6, 6.07) is 6.05. The maximum atomic E-state index is 13.1. The molecule has 2 aromatic rings. The maximum Gasteiger partial charge on any atom is 0.162 e. The Labute approximate surface area is 102 Å². The fourth-order valence-electron chi connectivity index (χ4n) is 1.30. The molecule has 0 aliphatic carbocycles. The maximum absolute atomic E-state index is 13.1. The van der Waals surface area contributed by atoms with Crippen molar-refractivity contribution in [3.63, 3.8) is 0 Å². The number of aryl methyl sites for hydroxylation is 1. The van der Waals surface area contributed by atoms with Gasteiger partial charge in [-0.25, -0.2) is 14.4 Å². The van der Waals surface area contributed by atoms with E-state index in [2.05, 4.69) is 9.97 Å². The van der Waals surface area contributed by atoms with Crippen molar-refractivity contribution in [3.8, 4) is 11.4 Å². The lowest BCUT2D eigenvalue weighted by atomic mass is 10.1. The molecule has 82 valence electrons. The highest BCUT2D eigenvalue weighted by Crippen LogP contribution is 2.22. The van der Waals surface area contributed by atoms with Gasteiger partial charge in [0.1, 0.15) is 16.1 Å². The van der Waals surface area contributed by atoms with Crippen LogP contribution in [-0.2, 0) is 0 Å². The van der Waals surface area contributed by atoms with Gasteiger partial charge in [0.15, 0.2) is 5.82 Å². The molecule has 0 saturated carbocycles. The van der Waals surface area contributed by atoms with Crippen LogP contribution >= 0.6 is 23.2 Å². The highest BCUT2D eigenvalue weighted by Gasteiger charge is 2.06. The molecule has 0 aliphatic rings. The van der Waals surface area contributed by atoms with Gasteiger partial charge in [0.05, 0.1) is 0 Å². The van der Waals surface area contributed by atoms with Gasteiger partial charge in [-0.05, 0) is 30.7 Å². The van der Waals surface area contributed by atoms with Crippen LogP contribution in [0.1, 0.15) is 5.56 Å². The molecule has 0 spiro atoms. The normalized spacial score (nSPS) is 10.5. The van der Waals surface area contributed by atoms with Gasteiger partial charge in [-0.3, -0.25) is 0 Å². The average molecular weight is 257 g/mol. The first-order chi connectivity index (χ1) is 7.56. The molecule has 1 aromatic carbocycles. The summed E-state index contributed by atoms with van der Waals surface area (Å²) in [6.45, 7) is 1.67. The smallest absolute Gasteiger partial charge is 0.162 e. The predicted octanol–water partition coefficient (Wildman–Crippen LogP) is 3.90. The third-order valence-corrected chi connectivity index (χ3v) is 2.47. The number of hydrogen-bond acceptors (Lipinski definition) is 2. The van der Waals surface area contributed by atoms with Gasteiger partial charge in [-0.15, -0.1) is 0 Å². The second-order valence-electron chi connectivity index (χ2n) is 3.30. The molecule has 5 heteroatoms. The van der Waals surface area contributed by atoms with E-state index in [1.165, 1.54) is 12.1 Å². The Hall–Kier alpha value is -1.19. The third kappa shape index (κ3) is 2.31. The molecule has 2 rings (SSSR count). The fourth-order valence-corrected chi connectivity index (χ4v) is 1.73. The molecule has 0 fully saturated rings. The summed E-state index contributed by atoms with van der Waals surface area (Å²) in [5, 5.41) is 0.522. The summed E-state index contributed by atoms with van der Waals surface area (Å²) < 4.78 is 13.1. The largest absolute Gasteiger partial charge is 0.216 e. The van der Waals surface area contributed by atoms with E-state index in [1.54, 1.807) is 19.1 Å². The van der Waals surface area contributed by atoms with Gasteiger partial charge < -0.3 is 0 Å². The van der Waals surface area contributed by atoms with Gasteiger partial charge in [-0.1, -0.05) is 23.2 Å². The molecule has 1 heterocycles. The zero-order valence-electron chi connectivity index (χ0n) is 8.34. The van der Waals surface area contributed by atoms with E-state index in [-0.39, 0.29) is 16.1 Å². The Kier molecular flexibility index (Phi) is 3.08. The lowest BCUT2D eigenvalue weighted by Gasteiger charge is -2.03.